The summed E-state index contributed by atoms with van der Waals surface area (Å²) in [5.74, 6) is 0.0145. The first-order chi connectivity index (χ1) is 16.5. The number of carbonyl (C=O) groups is 1. The number of rotatable bonds is 6. The molecule has 1 N–H and O–H groups in total. The van der Waals surface area contributed by atoms with Crippen LogP contribution in [0.2, 0.25) is 0 Å². The van der Waals surface area contributed by atoms with Gasteiger partial charge in [-0.05, 0) is 74.4 Å². The smallest absolute Gasteiger partial charge is 0.251 e. The molecular weight excluding hydrogens is 422 g/mol. The molecule has 1 heterocycles. The van der Waals surface area contributed by atoms with Crippen LogP contribution in [0.4, 0.5) is 0 Å². The van der Waals surface area contributed by atoms with Crippen molar-refractivity contribution in [3.8, 4) is 5.69 Å². The molecule has 2 aromatic carbocycles. The molecule has 3 aliphatic rings. The van der Waals surface area contributed by atoms with Crippen LogP contribution in [-0.2, 0) is 17.8 Å². The van der Waals surface area contributed by atoms with Gasteiger partial charge in [-0.25, -0.2) is 4.68 Å². The van der Waals surface area contributed by atoms with E-state index in [0.29, 0.717) is 12.6 Å². The number of hydrogen-bond donors (Lipinski definition) is 1. The summed E-state index contributed by atoms with van der Waals surface area (Å²) in [5.41, 5.74) is 6.23. The second-order valence-corrected chi connectivity index (χ2v) is 10.4. The third kappa shape index (κ3) is 3.50. The highest BCUT2D eigenvalue weighted by Gasteiger charge is 2.54. The van der Waals surface area contributed by atoms with Crippen LogP contribution in [0.15, 0.2) is 66.4 Å². The van der Waals surface area contributed by atoms with Gasteiger partial charge in [0.25, 0.3) is 5.91 Å². The van der Waals surface area contributed by atoms with Crippen molar-refractivity contribution >= 4 is 12.0 Å². The predicted molar refractivity (Wildman–Crippen MR) is 133 cm³/mol. The summed E-state index contributed by atoms with van der Waals surface area (Å²) in [6, 6.07) is 18.5. The van der Waals surface area contributed by atoms with Crippen molar-refractivity contribution in [1.29, 1.82) is 0 Å². The van der Waals surface area contributed by atoms with Crippen molar-refractivity contribution in [3.05, 3.63) is 88.8 Å². The first-order valence-electron chi connectivity index (χ1n) is 12.3. The first kappa shape index (κ1) is 21.4. The van der Waals surface area contributed by atoms with Crippen molar-refractivity contribution in [3.63, 3.8) is 0 Å². The van der Waals surface area contributed by atoms with Gasteiger partial charge in [0.2, 0.25) is 0 Å². The van der Waals surface area contributed by atoms with Gasteiger partial charge in [0.1, 0.15) is 0 Å². The van der Waals surface area contributed by atoms with E-state index in [1.54, 1.807) is 0 Å². The second kappa shape index (κ2) is 7.95. The molecular formula is C29H31N3O2. The van der Waals surface area contributed by atoms with Gasteiger partial charge >= 0.3 is 0 Å². The zero-order valence-corrected chi connectivity index (χ0v) is 19.9. The van der Waals surface area contributed by atoms with Crippen LogP contribution in [-0.4, -0.2) is 27.3 Å². The van der Waals surface area contributed by atoms with Crippen LogP contribution in [0.3, 0.4) is 0 Å². The lowest BCUT2D eigenvalue weighted by molar-refractivity contribution is -0.0992. The SMILES string of the molecule is C[C@]12Cc3cnn(-c4ccccc4)c3C=C1CC[C@]2(C)OCc1ccccc1C(=O)NC1CC1. The summed E-state index contributed by atoms with van der Waals surface area (Å²) in [6.07, 6.45) is 9.39. The molecule has 3 aromatic rings. The second-order valence-electron chi connectivity index (χ2n) is 10.4. The van der Waals surface area contributed by atoms with E-state index in [2.05, 4.69) is 37.4 Å². The van der Waals surface area contributed by atoms with Gasteiger partial charge in [-0.1, -0.05) is 48.9 Å². The van der Waals surface area contributed by atoms with Gasteiger partial charge in [0.05, 0.1) is 29.8 Å². The van der Waals surface area contributed by atoms with E-state index in [1.165, 1.54) is 16.8 Å². The number of amides is 1. The molecule has 0 saturated heterocycles. The number of para-hydroxylation sites is 1. The normalized spacial score (nSPS) is 25.4. The number of ether oxygens (including phenoxy) is 1. The van der Waals surface area contributed by atoms with Gasteiger partial charge in [-0.2, -0.15) is 5.10 Å². The Morgan fingerprint density at radius 1 is 1.12 bits per heavy atom. The number of fused-ring (bicyclic) bond motifs is 2. The maximum atomic E-state index is 12.8. The van der Waals surface area contributed by atoms with Gasteiger partial charge < -0.3 is 10.1 Å². The van der Waals surface area contributed by atoms with E-state index in [9.17, 15) is 4.79 Å². The number of benzene rings is 2. The van der Waals surface area contributed by atoms with Crippen molar-refractivity contribution in [1.82, 2.24) is 15.1 Å². The Balaban J connectivity index is 1.25. The fourth-order valence-corrected chi connectivity index (χ4v) is 5.63. The highest BCUT2D eigenvalue weighted by atomic mass is 16.5. The van der Waals surface area contributed by atoms with Crippen molar-refractivity contribution in [2.75, 3.05) is 0 Å². The number of nitrogens with one attached hydrogen (secondary N) is 1. The molecule has 0 spiro atoms. The van der Waals surface area contributed by atoms with E-state index in [4.69, 9.17) is 9.84 Å². The Labute approximate surface area is 200 Å². The van der Waals surface area contributed by atoms with Gasteiger partial charge in [0, 0.05) is 17.0 Å². The van der Waals surface area contributed by atoms with Crippen LogP contribution in [0.25, 0.3) is 11.8 Å². The van der Waals surface area contributed by atoms with Crippen LogP contribution >= 0.6 is 0 Å². The number of nitrogens with zero attached hydrogens (tertiary/aromatic N) is 2. The molecule has 0 radical (unpaired) electrons. The molecule has 5 heteroatoms. The quantitative estimate of drug-likeness (QED) is 0.538. The predicted octanol–water partition coefficient (Wildman–Crippen LogP) is 5.48. The highest BCUT2D eigenvalue weighted by molar-refractivity contribution is 5.96. The third-order valence-corrected chi connectivity index (χ3v) is 8.21. The maximum absolute atomic E-state index is 12.8. The summed E-state index contributed by atoms with van der Waals surface area (Å²) in [7, 11) is 0. The fraction of sp³-hybridized carbons (Fsp3) is 0.379. The molecule has 0 aliphatic heterocycles. The Morgan fingerprint density at radius 3 is 2.68 bits per heavy atom. The zero-order valence-electron chi connectivity index (χ0n) is 19.9. The molecule has 2 saturated carbocycles. The lowest BCUT2D eigenvalue weighted by Crippen LogP contribution is -2.45. The van der Waals surface area contributed by atoms with Crippen LogP contribution in [0, 0.1) is 5.41 Å². The van der Waals surface area contributed by atoms with Crippen LogP contribution in [0.1, 0.15) is 66.7 Å². The molecule has 2 atom stereocenters. The number of aromatic nitrogens is 2. The molecule has 5 nitrogen and oxygen atoms in total. The maximum Gasteiger partial charge on any atom is 0.251 e. The molecule has 0 bridgehead atoms. The molecule has 3 aliphatic carbocycles. The Hall–Kier alpha value is -3.18. The van der Waals surface area contributed by atoms with Crippen LogP contribution < -0.4 is 5.32 Å². The molecule has 1 aromatic heterocycles. The standard InChI is InChI=1S/C29H31N3O2/c1-28-17-21-18-30-32(24-9-4-3-5-10-24)26(21)16-22(28)14-15-29(28,2)34-19-20-8-6-7-11-25(20)27(33)31-23-12-13-23/h3-11,16,18,23H,12-15,17,19H2,1-2H3,(H,31,33)/t28-,29-/m0/s1. The first-order valence-corrected chi connectivity index (χ1v) is 12.3. The molecule has 1 amide bonds. The third-order valence-electron chi connectivity index (χ3n) is 8.21. The Bertz CT molecular complexity index is 1270. The summed E-state index contributed by atoms with van der Waals surface area (Å²) in [5, 5.41) is 7.83. The molecule has 6 rings (SSSR count). The van der Waals surface area contributed by atoms with Crippen molar-refractivity contribution < 1.29 is 9.53 Å². The lowest BCUT2D eigenvalue weighted by atomic mass is 9.68. The molecule has 0 unspecified atom stereocenters. The molecule has 34 heavy (non-hydrogen) atoms. The summed E-state index contributed by atoms with van der Waals surface area (Å²) < 4.78 is 8.77. The molecule has 174 valence electrons. The lowest BCUT2D eigenvalue weighted by Gasteiger charge is -2.43. The van der Waals surface area contributed by atoms with E-state index in [1.807, 2.05) is 53.3 Å². The average Bonchev–Trinajstić information content (AvgIpc) is 3.52. The number of carbonyl (C=O) groups excluding carboxylic acids is 1. The van der Waals surface area contributed by atoms with Crippen molar-refractivity contribution in [2.24, 2.45) is 5.41 Å². The highest BCUT2D eigenvalue weighted by Crippen LogP contribution is 2.57. The average molecular weight is 454 g/mol. The van der Waals surface area contributed by atoms with E-state index in [-0.39, 0.29) is 16.9 Å². The van der Waals surface area contributed by atoms with Crippen LogP contribution in [0.5, 0.6) is 0 Å². The zero-order chi connectivity index (χ0) is 23.3. The van der Waals surface area contributed by atoms with Gasteiger partial charge in [0.15, 0.2) is 0 Å². The summed E-state index contributed by atoms with van der Waals surface area (Å²) in [4.78, 5) is 12.8. The van der Waals surface area contributed by atoms with E-state index >= 15 is 0 Å². The fourth-order valence-electron chi connectivity index (χ4n) is 5.63. The van der Waals surface area contributed by atoms with Gasteiger partial charge in [-0.3, -0.25) is 4.79 Å². The summed E-state index contributed by atoms with van der Waals surface area (Å²) in [6.45, 7) is 5.01. The minimum atomic E-state index is -0.314. The number of hydrogen-bond acceptors (Lipinski definition) is 3. The van der Waals surface area contributed by atoms with Gasteiger partial charge in [-0.15, -0.1) is 0 Å². The monoisotopic (exact) mass is 453 g/mol. The minimum Gasteiger partial charge on any atom is -0.370 e. The topological polar surface area (TPSA) is 56.2 Å². The largest absolute Gasteiger partial charge is 0.370 e. The Morgan fingerprint density at radius 2 is 1.88 bits per heavy atom. The van der Waals surface area contributed by atoms with Crippen molar-refractivity contribution in [2.45, 2.75) is 64.2 Å². The Kier molecular flexibility index (Phi) is 4.99. The molecule has 2 fully saturated rings. The van der Waals surface area contributed by atoms with E-state index < -0.39 is 0 Å². The van der Waals surface area contributed by atoms with E-state index in [0.717, 1.165) is 48.9 Å². The minimum absolute atomic E-state index is 0.0145. The summed E-state index contributed by atoms with van der Waals surface area (Å²) >= 11 is 0.